The van der Waals surface area contributed by atoms with E-state index in [1.807, 2.05) is 55.5 Å². The summed E-state index contributed by atoms with van der Waals surface area (Å²) in [5.74, 6) is 0.0657. The Morgan fingerprint density at radius 1 is 1.03 bits per heavy atom. The van der Waals surface area contributed by atoms with Gasteiger partial charge in [-0.25, -0.2) is 0 Å². The summed E-state index contributed by atoms with van der Waals surface area (Å²) in [7, 11) is 0. The quantitative estimate of drug-likeness (QED) is 0.485. The van der Waals surface area contributed by atoms with E-state index >= 15 is 0 Å². The van der Waals surface area contributed by atoms with Gasteiger partial charge in [0.25, 0.3) is 0 Å². The number of likely N-dealkylation sites (tertiary alicyclic amines) is 1. The molecule has 4 aliphatic carbocycles. The molecule has 2 saturated carbocycles. The fraction of sp³-hybridized carbons (Fsp3) is 0.370. The molecule has 6 heteroatoms. The van der Waals surface area contributed by atoms with E-state index in [9.17, 15) is 14.4 Å². The van der Waals surface area contributed by atoms with Crippen LogP contribution in [0, 0.1) is 42.4 Å². The van der Waals surface area contributed by atoms with Gasteiger partial charge in [0.1, 0.15) is 6.04 Å². The van der Waals surface area contributed by atoms with Crippen LogP contribution in [0.3, 0.4) is 0 Å². The fourth-order valence-electron chi connectivity index (χ4n) is 6.41. The Morgan fingerprint density at radius 3 is 2.27 bits per heavy atom. The van der Waals surface area contributed by atoms with Crippen LogP contribution in [-0.4, -0.2) is 28.7 Å². The van der Waals surface area contributed by atoms with Gasteiger partial charge in [-0.15, -0.1) is 0 Å². The van der Waals surface area contributed by atoms with E-state index < -0.39 is 6.04 Å². The third kappa shape index (κ3) is 3.30. The molecule has 2 aromatic carbocycles. The number of hydrogen-bond donors (Lipinski definition) is 1. The van der Waals surface area contributed by atoms with Crippen LogP contribution in [0.1, 0.15) is 17.5 Å². The Morgan fingerprint density at radius 2 is 1.67 bits per heavy atom. The molecule has 3 amide bonds. The van der Waals surface area contributed by atoms with Crippen LogP contribution in [0.25, 0.3) is 0 Å². The van der Waals surface area contributed by atoms with E-state index in [0.29, 0.717) is 23.9 Å². The summed E-state index contributed by atoms with van der Waals surface area (Å²) in [6.07, 6.45) is 5.74. The largest absolute Gasteiger partial charge is 0.324 e. The van der Waals surface area contributed by atoms with E-state index in [0.717, 1.165) is 22.0 Å². The van der Waals surface area contributed by atoms with Gasteiger partial charge in [0.15, 0.2) is 0 Å². The number of nitrogens with one attached hydrogen (secondary N) is 1. The van der Waals surface area contributed by atoms with E-state index in [2.05, 4.69) is 33.4 Å². The maximum atomic E-state index is 13.7. The molecular formula is C27H25BrN2O3. The van der Waals surface area contributed by atoms with Crippen molar-refractivity contribution in [1.29, 1.82) is 0 Å². The monoisotopic (exact) mass is 504 g/mol. The first-order chi connectivity index (χ1) is 15.9. The molecule has 1 heterocycles. The van der Waals surface area contributed by atoms with Crippen molar-refractivity contribution in [3.63, 3.8) is 0 Å². The summed E-state index contributed by atoms with van der Waals surface area (Å²) >= 11 is 3.45. The number of amides is 3. The lowest BCUT2D eigenvalue weighted by molar-refractivity contribution is -0.146. The Kier molecular flexibility index (Phi) is 4.84. The van der Waals surface area contributed by atoms with Crippen molar-refractivity contribution in [2.24, 2.45) is 35.5 Å². The fourth-order valence-corrected chi connectivity index (χ4v) is 6.88. The van der Waals surface area contributed by atoms with Gasteiger partial charge in [-0.2, -0.15) is 0 Å². The molecule has 2 bridgehead atoms. The van der Waals surface area contributed by atoms with Crippen LogP contribution in [0.2, 0.25) is 0 Å². The molecule has 2 aromatic rings. The minimum atomic E-state index is -0.878. The second kappa shape index (κ2) is 7.66. The number of carbonyl (C=O) groups excluding carboxylic acids is 3. The van der Waals surface area contributed by atoms with Crippen molar-refractivity contribution in [3.05, 3.63) is 76.3 Å². The molecule has 0 aromatic heterocycles. The number of imide groups is 1. The van der Waals surface area contributed by atoms with Crippen molar-refractivity contribution in [3.8, 4) is 0 Å². The zero-order chi connectivity index (χ0) is 22.9. The summed E-state index contributed by atoms with van der Waals surface area (Å²) in [5, 5.41) is 2.99. The lowest BCUT2D eigenvalue weighted by atomic mass is 9.63. The van der Waals surface area contributed by atoms with Gasteiger partial charge in [0.05, 0.1) is 11.8 Å². The van der Waals surface area contributed by atoms with Crippen molar-refractivity contribution >= 4 is 39.3 Å². The molecular weight excluding hydrogens is 480 g/mol. The van der Waals surface area contributed by atoms with Crippen LogP contribution in [-0.2, 0) is 20.8 Å². The second-order valence-electron chi connectivity index (χ2n) is 9.86. The van der Waals surface area contributed by atoms with Gasteiger partial charge in [-0.3, -0.25) is 19.3 Å². The number of halogens is 1. The number of allylic oxidation sites excluding steroid dienone is 2. The molecule has 1 saturated heterocycles. The summed E-state index contributed by atoms with van der Waals surface area (Å²) in [6.45, 7) is 1.92. The van der Waals surface area contributed by atoms with E-state index in [4.69, 9.17) is 0 Å². The molecule has 33 heavy (non-hydrogen) atoms. The predicted molar refractivity (Wildman–Crippen MR) is 128 cm³/mol. The Hall–Kier alpha value is -2.73. The molecule has 0 spiro atoms. The average molecular weight is 505 g/mol. The van der Waals surface area contributed by atoms with Gasteiger partial charge >= 0.3 is 0 Å². The summed E-state index contributed by atoms with van der Waals surface area (Å²) < 4.78 is 0.925. The first-order valence-corrected chi connectivity index (χ1v) is 12.4. The number of hydrogen-bond acceptors (Lipinski definition) is 3. The van der Waals surface area contributed by atoms with Gasteiger partial charge in [0, 0.05) is 16.6 Å². The minimum absolute atomic E-state index is 0.139. The number of anilines is 1. The van der Waals surface area contributed by atoms with E-state index in [1.165, 1.54) is 4.90 Å². The maximum absolute atomic E-state index is 13.7. The van der Waals surface area contributed by atoms with Crippen LogP contribution in [0.4, 0.5) is 5.69 Å². The van der Waals surface area contributed by atoms with Crippen molar-refractivity contribution in [1.82, 2.24) is 4.90 Å². The highest BCUT2D eigenvalue weighted by atomic mass is 79.9. The van der Waals surface area contributed by atoms with Crippen LogP contribution in [0.15, 0.2) is 65.2 Å². The average Bonchev–Trinajstić information content (AvgIpc) is 3.59. The highest BCUT2D eigenvalue weighted by Gasteiger charge is 2.67. The van der Waals surface area contributed by atoms with E-state index in [-0.39, 0.29) is 41.4 Å². The number of nitrogens with zero attached hydrogens (tertiary/aromatic N) is 1. The lowest BCUT2D eigenvalue weighted by Crippen LogP contribution is -2.49. The number of benzene rings is 2. The molecule has 7 rings (SSSR count). The van der Waals surface area contributed by atoms with Crippen LogP contribution < -0.4 is 5.32 Å². The molecule has 0 radical (unpaired) electrons. The van der Waals surface area contributed by atoms with Crippen molar-refractivity contribution < 1.29 is 14.4 Å². The standard InChI is InChI=1S/C27H25BrN2O3/c1-14-11-16(28)7-10-21(14)29-25(31)22(12-15-5-3-2-4-6-15)30-26(32)23-17-8-9-18(20-13-19(17)20)24(23)27(30)33/h2-11,17-20,22-24H,12-13H2,1H3,(H,29,31). The molecule has 1 aliphatic heterocycles. The smallest absolute Gasteiger partial charge is 0.248 e. The minimum Gasteiger partial charge on any atom is -0.324 e. The SMILES string of the molecule is Cc1cc(Br)ccc1NC(=O)C(Cc1ccccc1)N1C(=O)C2C3C=CC(C4CC34)C2C1=O. The van der Waals surface area contributed by atoms with Gasteiger partial charge in [-0.1, -0.05) is 58.4 Å². The Labute approximate surface area is 201 Å². The van der Waals surface area contributed by atoms with E-state index in [1.54, 1.807) is 0 Å². The van der Waals surface area contributed by atoms with Crippen LogP contribution in [0.5, 0.6) is 0 Å². The molecule has 5 aliphatic rings. The zero-order valence-electron chi connectivity index (χ0n) is 18.3. The molecule has 168 valence electrons. The highest BCUT2D eigenvalue weighted by molar-refractivity contribution is 9.10. The summed E-state index contributed by atoms with van der Waals surface area (Å²) in [6, 6.07) is 14.4. The summed E-state index contributed by atoms with van der Waals surface area (Å²) in [5.41, 5.74) is 2.51. The predicted octanol–water partition coefficient (Wildman–Crippen LogP) is 4.36. The topological polar surface area (TPSA) is 66.5 Å². The third-order valence-corrected chi connectivity index (χ3v) is 8.52. The molecule has 3 fully saturated rings. The summed E-state index contributed by atoms with van der Waals surface area (Å²) in [4.78, 5) is 42.3. The lowest BCUT2D eigenvalue weighted by Gasteiger charge is -2.37. The van der Waals surface area contributed by atoms with Gasteiger partial charge in [-0.05, 0) is 66.3 Å². The molecule has 7 atom stereocenters. The number of carbonyl (C=O) groups is 3. The maximum Gasteiger partial charge on any atom is 0.248 e. The normalized spacial score (nSPS) is 31.9. The third-order valence-electron chi connectivity index (χ3n) is 8.03. The molecule has 5 nitrogen and oxygen atoms in total. The first-order valence-electron chi connectivity index (χ1n) is 11.6. The van der Waals surface area contributed by atoms with Crippen molar-refractivity contribution in [2.75, 3.05) is 5.32 Å². The first kappa shape index (κ1) is 20.8. The Bertz CT molecular complexity index is 1160. The number of rotatable bonds is 5. The Balaban J connectivity index is 1.34. The van der Waals surface area contributed by atoms with Gasteiger partial charge in [0.2, 0.25) is 17.7 Å². The zero-order valence-corrected chi connectivity index (χ0v) is 19.9. The molecule has 1 N–H and O–H groups in total. The van der Waals surface area contributed by atoms with Crippen molar-refractivity contribution in [2.45, 2.75) is 25.8 Å². The van der Waals surface area contributed by atoms with Crippen LogP contribution >= 0.6 is 15.9 Å². The number of aryl methyl sites for hydroxylation is 1. The second-order valence-corrected chi connectivity index (χ2v) is 10.8. The molecule has 7 unspecified atom stereocenters. The van der Waals surface area contributed by atoms with Gasteiger partial charge < -0.3 is 5.32 Å². The highest BCUT2D eigenvalue weighted by Crippen LogP contribution is 2.65.